The van der Waals surface area contributed by atoms with Crippen LogP contribution < -0.4 is 0 Å². The van der Waals surface area contributed by atoms with Crippen LogP contribution in [-0.4, -0.2) is 81.8 Å². The Morgan fingerprint density at radius 3 is 2.76 bits per heavy atom. The Morgan fingerprint density at radius 2 is 2.14 bits per heavy atom. The van der Waals surface area contributed by atoms with Crippen LogP contribution >= 0.6 is 0 Å². The summed E-state index contributed by atoms with van der Waals surface area (Å²) in [5.74, 6) is -3.35. The van der Waals surface area contributed by atoms with E-state index in [9.17, 15) is 24.6 Å². The molecule has 1 spiro atoms. The number of amides is 2. The molecule has 3 heterocycles. The second kappa shape index (κ2) is 8.83. The van der Waals surface area contributed by atoms with E-state index in [2.05, 4.69) is 13.5 Å². The SMILES string of the molecule is C=CCN(CCCCC)C(=O)C1N(CCCO)C(=O)[C@@H]2[C@@H](C(=O)O)[C@H]3CCC12O3. The minimum absolute atomic E-state index is 0.110. The van der Waals surface area contributed by atoms with E-state index >= 15 is 0 Å². The van der Waals surface area contributed by atoms with E-state index in [-0.39, 0.29) is 25.0 Å². The summed E-state index contributed by atoms with van der Waals surface area (Å²) in [6.45, 7) is 6.87. The number of aliphatic carboxylic acids is 1. The summed E-state index contributed by atoms with van der Waals surface area (Å²) in [6.07, 6.45) is 5.38. The number of carboxylic acids is 1. The van der Waals surface area contributed by atoms with E-state index in [4.69, 9.17) is 4.74 Å². The first-order valence-electron chi connectivity index (χ1n) is 10.6. The van der Waals surface area contributed by atoms with Crippen molar-refractivity contribution in [1.29, 1.82) is 0 Å². The highest BCUT2D eigenvalue weighted by atomic mass is 16.5. The van der Waals surface area contributed by atoms with Gasteiger partial charge in [-0.3, -0.25) is 14.4 Å². The minimum atomic E-state index is -1.08. The van der Waals surface area contributed by atoms with Crippen molar-refractivity contribution in [3.8, 4) is 0 Å². The third kappa shape index (κ3) is 3.57. The maximum absolute atomic E-state index is 13.6. The summed E-state index contributed by atoms with van der Waals surface area (Å²) in [5.41, 5.74) is -1.08. The molecule has 29 heavy (non-hydrogen) atoms. The van der Waals surface area contributed by atoms with Crippen LogP contribution in [0.25, 0.3) is 0 Å². The van der Waals surface area contributed by atoms with E-state index in [1.165, 1.54) is 4.90 Å². The molecular weight excluding hydrogens is 376 g/mol. The van der Waals surface area contributed by atoms with Gasteiger partial charge in [0.25, 0.3) is 0 Å². The van der Waals surface area contributed by atoms with Crippen molar-refractivity contribution in [3.63, 3.8) is 0 Å². The molecular formula is C21H32N2O6. The summed E-state index contributed by atoms with van der Waals surface area (Å²) in [5, 5.41) is 19.0. The number of carboxylic acid groups (broad SMARTS) is 1. The van der Waals surface area contributed by atoms with Gasteiger partial charge in [0.2, 0.25) is 11.8 Å². The highest BCUT2D eigenvalue weighted by Crippen LogP contribution is 2.58. The lowest BCUT2D eigenvalue weighted by atomic mass is 9.70. The van der Waals surface area contributed by atoms with Gasteiger partial charge in [0, 0.05) is 26.2 Å². The van der Waals surface area contributed by atoms with Crippen molar-refractivity contribution in [2.75, 3.05) is 26.2 Å². The second-order valence-corrected chi connectivity index (χ2v) is 8.28. The number of aliphatic hydroxyl groups excluding tert-OH is 1. The zero-order valence-corrected chi connectivity index (χ0v) is 17.1. The van der Waals surface area contributed by atoms with Crippen molar-refractivity contribution in [2.24, 2.45) is 11.8 Å². The first kappa shape index (κ1) is 21.8. The molecule has 2 amide bonds. The summed E-state index contributed by atoms with van der Waals surface area (Å²) in [4.78, 5) is 42.0. The highest BCUT2D eigenvalue weighted by Gasteiger charge is 2.74. The molecule has 3 aliphatic rings. The Bertz CT molecular complexity index is 668. The molecule has 0 radical (unpaired) electrons. The molecule has 3 fully saturated rings. The predicted octanol–water partition coefficient (Wildman–Crippen LogP) is 1.03. The molecule has 8 nitrogen and oxygen atoms in total. The minimum Gasteiger partial charge on any atom is -0.481 e. The maximum Gasteiger partial charge on any atom is 0.310 e. The van der Waals surface area contributed by atoms with Gasteiger partial charge in [-0.05, 0) is 25.7 Å². The fourth-order valence-electron chi connectivity index (χ4n) is 5.37. The average molecular weight is 408 g/mol. The number of nitrogens with zero attached hydrogens (tertiary/aromatic N) is 2. The van der Waals surface area contributed by atoms with Gasteiger partial charge in [0.1, 0.15) is 11.6 Å². The standard InChI is InChI=1S/C21H32N2O6/c1-3-5-6-11-22(10-4-2)19(26)17-21-9-8-14(29-21)15(20(27)28)16(21)18(25)23(17)12-7-13-24/h4,14-17,24H,2-3,5-13H2,1H3,(H,27,28)/t14-,15+,16+,17?,21?/m1/s1. The van der Waals surface area contributed by atoms with Gasteiger partial charge >= 0.3 is 5.97 Å². The van der Waals surface area contributed by atoms with Gasteiger partial charge in [-0.15, -0.1) is 6.58 Å². The lowest BCUT2D eigenvalue weighted by Crippen LogP contribution is -2.56. The number of carbonyl (C=O) groups excluding carboxylic acids is 2. The molecule has 3 rings (SSSR count). The van der Waals surface area contributed by atoms with E-state index in [0.717, 1.165) is 19.3 Å². The normalized spacial score (nSPS) is 32.5. The van der Waals surface area contributed by atoms with Crippen molar-refractivity contribution in [3.05, 3.63) is 12.7 Å². The largest absolute Gasteiger partial charge is 0.481 e. The Labute approximate surface area is 171 Å². The summed E-state index contributed by atoms with van der Waals surface area (Å²) < 4.78 is 6.15. The summed E-state index contributed by atoms with van der Waals surface area (Å²) in [6, 6.07) is -0.845. The summed E-state index contributed by atoms with van der Waals surface area (Å²) in [7, 11) is 0. The molecule has 2 N–H and O–H groups in total. The van der Waals surface area contributed by atoms with Crippen LogP contribution in [0.3, 0.4) is 0 Å². The molecule has 0 aromatic heterocycles. The Balaban J connectivity index is 1.94. The fourth-order valence-corrected chi connectivity index (χ4v) is 5.37. The van der Waals surface area contributed by atoms with Crippen LogP contribution in [0.5, 0.6) is 0 Å². The summed E-state index contributed by atoms with van der Waals surface area (Å²) >= 11 is 0. The number of fused-ring (bicyclic) bond motifs is 1. The van der Waals surface area contributed by atoms with Gasteiger partial charge in [0.15, 0.2) is 0 Å². The van der Waals surface area contributed by atoms with Crippen LogP contribution in [0.15, 0.2) is 12.7 Å². The van der Waals surface area contributed by atoms with E-state index < -0.39 is 35.6 Å². The topological polar surface area (TPSA) is 107 Å². The van der Waals surface area contributed by atoms with Crippen LogP contribution in [0, 0.1) is 11.8 Å². The number of carbonyl (C=O) groups is 3. The number of hydrogen-bond acceptors (Lipinski definition) is 5. The lowest BCUT2D eigenvalue weighted by molar-refractivity contribution is -0.151. The number of aliphatic hydroxyl groups is 1. The predicted molar refractivity (Wildman–Crippen MR) is 105 cm³/mol. The molecule has 5 atom stereocenters. The Kier molecular flexibility index (Phi) is 6.63. The zero-order chi connectivity index (χ0) is 21.2. The third-order valence-corrected chi connectivity index (χ3v) is 6.57. The van der Waals surface area contributed by atoms with Crippen molar-refractivity contribution < 1.29 is 29.3 Å². The van der Waals surface area contributed by atoms with E-state index in [1.54, 1.807) is 11.0 Å². The molecule has 162 valence electrons. The van der Waals surface area contributed by atoms with Gasteiger partial charge in [-0.1, -0.05) is 25.8 Å². The van der Waals surface area contributed by atoms with Crippen LogP contribution in [0.2, 0.25) is 0 Å². The zero-order valence-electron chi connectivity index (χ0n) is 17.1. The number of likely N-dealkylation sites (tertiary alicyclic amines) is 1. The van der Waals surface area contributed by atoms with Crippen molar-refractivity contribution in [2.45, 2.75) is 63.2 Å². The van der Waals surface area contributed by atoms with E-state index in [0.29, 0.717) is 32.4 Å². The molecule has 2 unspecified atom stereocenters. The smallest absolute Gasteiger partial charge is 0.310 e. The average Bonchev–Trinajstić information content (AvgIpc) is 3.33. The Hall–Kier alpha value is -1.93. The Morgan fingerprint density at radius 1 is 1.38 bits per heavy atom. The van der Waals surface area contributed by atoms with Crippen LogP contribution in [-0.2, 0) is 19.1 Å². The van der Waals surface area contributed by atoms with Gasteiger partial charge in [-0.25, -0.2) is 0 Å². The van der Waals surface area contributed by atoms with E-state index in [1.807, 2.05) is 0 Å². The molecule has 0 aromatic carbocycles. The molecule has 0 aromatic rings. The van der Waals surface area contributed by atoms with Crippen molar-refractivity contribution in [1.82, 2.24) is 9.80 Å². The van der Waals surface area contributed by atoms with Gasteiger partial charge in [0.05, 0.1) is 17.9 Å². The molecule has 8 heteroatoms. The molecule has 0 saturated carbocycles. The highest BCUT2D eigenvalue weighted by molar-refractivity contribution is 5.98. The maximum atomic E-state index is 13.6. The number of rotatable bonds is 11. The number of unbranched alkanes of at least 4 members (excludes halogenated alkanes) is 2. The first-order chi connectivity index (χ1) is 13.9. The number of hydrogen-bond donors (Lipinski definition) is 2. The van der Waals surface area contributed by atoms with Crippen molar-refractivity contribution >= 4 is 17.8 Å². The second-order valence-electron chi connectivity index (χ2n) is 8.28. The quantitative estimate of drug-likeness (QED) is 0.391. The lowest BCUT2D eigenvalue weighted by Gasteiger charge is -2.36. The molecule has 3 saturated heterocycles. The third-order valence-electron chi connectivity index (χ3n) is 6.57. The molecule has 2 bridgehead atoms. The van der Waals surface area contributed by atoms with Gasteiger partial charge in [-0.2, -0.15) is 0 Å². The monoisotopic (exact) mass is 408 g/mol. The number of ether oxygens (including phenoxy) is 1. The van der Waals surface area contributed by atoms with Crippen LogP contribution in [0.1, 0.15) is 45.4 Å². The first-order valence-corrected chi connectivity index (χ1v) is 10.6. The molecule has 0 aliphatic carbocycles. The fraction of sp³-hybridized carbons (Fsp3) is 0.762. The van der Waals surface area contributed by atoms with Crippen LogP contribution in [0.4, 0.5) is 0 Å². The molecule has 3 aliphatic heterocycles. The van der Waals surface area contributed by atoms with Gasteiger partial charge < -0.3 is 24.7 Å².